The van der Waals surface area contributed by atoms with Crippen molar-refractivity contribution >= 4 is 35.1 Å². The molecule has 1 aromatic carbocycles. The van der Waals surface area contributed by atoms with Crippen molar-refractivity contribution in [1.29, 1.82) is 0 Å². The molecule has 0 unspecified atom stereocenters. The molecule has 3 heterocycles. The molecule has 116 valence electrons. The number of hydrogen-bond donors (Lipinski definition) is 2. The Labute approximate surface area is 132 Å². The molecule has 0 saturated carbocycles. The second-order valence-electron chi connectivity index (χ2n) is 5.90. The molecule has 2 amide bonds. The van der Waals surface area contributed by atoms with Gasteiger partial charge in [-0.15, -0.1) is 11.8 Å². The molecule has 0 atom stereocenters. The van der Waals surface area contributed by atoms with Crippen molar-refractivity contribution in [2.24, 2.45) is 0 Å². The van der Waals surface area contributed by atoms with E-state index < -0.39 is 0 Å². The van der Waals surface area contributed by atoms with E-state index in [1.807, 2.05) is 18.2 Å². The maximum Gasteiger partial charge on any atom is 0.415 e. The number of nitrogens with zero attached hydrogens (tertiary/aromatic N) is 1. The van der Waals surface area contributed by atoms with Crippen molar-refractivity contribution in [3.63, 3.8) is 0 Å². The molecular weight excluding hydrogens is 302 g/mol. The molecule has 2 fully saturated rings. The highest BCUT2D eigenvalue weighted by atomic mass is 32.2. The Hall–Kier alpha value is -1.73. The van der Waals surface area contributed by atoms with Gasteiger partial charge in [-0.05, 0) is 31.3 Å². The van der Waals surface area contributed by atoms with E-state index in [2.05, 4.69) is 10.6 Å². The first-order valence-electron chi connectivity index (χ1n) is 7.43. The quantitative estimate of drug-likeness (QED) is 0.826. The zero-order valence-electron chi connectivity index (χ0n) is 12.1. The lowest BCUT2D eigenvalue weighted by molar-refractivity contribution is -0.113. The van der Waals surface area contributed by atoms with Crippen LogP contribution in [0.2, 0.25) is 0 Å². The van der Waals surface area contributed by atoms with Crippen LogP contribution in [0.15, 0.2) is 23.1 Å². The number of thioether (sulfide) groups is 1. The number of nitrogens with one attached hydrogen (secondary N) is 2. The Bertz CT molecular complexity index is 643. The molecule has 7 heteroatoms. The smallest absolute Gasteiger partial charge is 0.415 e. The second-order valence-corrected chi connectivity index (χ2v) is 6.92. The monoisotopic (exact) mass is 319 g/mol. The van der Waals surface area contributed by atoms with Crippen molar-refractivity contribution in [3.8, 4) is 0 Å². The highest BCUT2D eigenvalue weighted by Crippen LogP contribution is 2.38. The second kappa shape index (κ2) is 5.17. The average Bonchev–Trinajstić information content (AvgIpc) is 2.83. The third-order valence-corrected chi connectivity index (χ3v) is 5.47. The number of amides is 2. The Morgan fingerprint density at radius 3 is 2.86 bits per heavy atom. The predicted octanol–water partition coefficient (Wildman–Crippen LogP) is 1.81. The highest BCUT2D eigenvalue weighted by molar-refractivity contribution is 8.00. The average molecular weight is 319 g/mol. The fourth-order valence-electron chi connectivity index (χ4n) is 3.20. The third kappa shape index (κ3) is 2.34. The summed E-state index contributed by atoms with van der Waals surface area (Å²) in [6, 6.07) is 5.74. The number of carbonyl (C=O) groups excluding carboxylic acids is 2. The fraction of sp³-hybridized carbons (Fsp3) is 0.467. The van der Waals surface area contributed by atoms with Gasteiger partial charge in [0.2, 0.25) is 5.91 Å². The number of ether oxygens (including phenoxy) is 1. The molecule has 3 aliphatic rings. The van der Waals surface area contributed by atoms with Crippen molar-refractivity contribution < 1.29 is 14.3 Å². The molecule has 1 aromatic rings. The van der Waals surface area contributed by atoms with Gasteiger partial charge in [-0.1, -0.05) is 0 Å². The SMILES string of the molecule is O=C1CSc2ccc(N3CC4(CCNCC4)OC3=O)cc2N1. The Balaban J connectivity index is 1.61. The lowest BCUT2D eigenvalue weighted by atomic mass is 9.92. The summed E-state index contributed by atoms with van der Waals surface area (Å²) in [5.41, 5.74) is 1.19. The van der Waals surface area contributed by atoms with Crippen LogP contribution in [0.4, 0.5) is 16.2 Å². The van der Waals surface area contributed by atoms with Crippen LogP contribution in [0.25, 0.3) is 0 Å². The van der Waals surface area contributed by atoms with Gasteiger partial charge in [-0.2, -0.15) is 0 Å². The molecule has 4 rings (SSSR count). The minimum atomic E-state index is -0.365. The molecular formula is C15H17N3O3S. The summed E-state index contributed by atoms with van der Waals surface area (Å²) < 4.78 is 5.68. The van der Waals surface area contributed by atoms with E-state index in [0.29, 0.717) is 12.3 Å². The van der Waals surface area contributed by atoms with Crippen LogP contribution in [0.1, 0.15) is 12.8 Å². The minimum Gasteiger partial charge on any atom is -0.441 e. The van der Waals surface area contributed by atoms with Gasteiger partial charge < -0.3 is 15.4 Å². The molecule has 0 bridgehead atoms. The summed E-state index contributed by atoms with van der Waals surface area (Å²) in [5, 5.41) is 6.15. The van der Waals surface area contributed by atoms with Crippen LogP contribution in [0, 0.1) is 0 Å². The normalized spacial score (nSPS) is 23.2. The largest absolute Gasteiger partial charge is 0.441 e. The topological polar surface area (TPSA) is 70.7 Å². The summed E-state index contributed by atoms with van der Waals surface area (Å²) in [6.45, 7) is 2.32. The van der Waals surface area contributed by atoms with Gasteiger partial charge in [0.15, 0.2) is 0 Å². The zero-order valence-corrected chi connectivity index (χ0v) is 12.9. The van der Waals surface area contributed by atoms with E-state index in [4.69, 9.17) is 4.74 Å². The molecule has 0 aliphatic carbocycles. The van der Waals surface area contributed by atoms with Crippen LogP contribution < -0.4 is 15.5 Å². The van der Waals surface area contributed by atoms with E-state index in [0.717, 1.165) is 42.2 Å². The standard InChI is InChI=1S/C15H17N3O3S/c19-13-8-22-12-2-1-10(7-11(12)17-13)18-9-15(21-14(18)20)3-5-16-6-4-15/h1-2,7,16H,3-6,8-9H2,(H,17,19). The predicted molar refractivity (Wildman–Crippen MR) is 84.5 cm³/mol. The van der Waals surface area contributed by atoms with Crippen LogP contribution >= 0.6 is 11.8 Å². The molecule has 2 saturated heterocycles. The highest BCUT2D eigenvalue weighted by Gasteiger charge is 2.46. The number of anilines is 2. The lowest BCUT2D eigenvalue weighted by Gasteiger charge is -2.31. The summed E-state index contributed by atoms with van der Waals surface area (Å²) in [6.07, 6.45) is 1.39. The number of piperidine rings is 1. The van der Waals surface area contributed by atoms with Crippen molar-refractivity contribution in [2.45, 2.75) is 23.3 Å². The fourth-order valence-corrected chi connectivity index (χ4v) is 3.99. The third-order valence-electron chi connectivity index (χ3n) is 4.39. The van der Waals surface area contributed by atoms with E-state index in [9.17, 15) is 9.59 Å². The van der Waals surface area contributed by atoms with Gasteiger partial charge >= 0.3 is 6.09 Å². The molecule has 0 aromatic heterocycles. The number of hydrogen-bond acceptors (Lipinski definition) is 5. The van der Waals surface area contributed by atoms with E-state index in [1.165, 1.54) is 11.8 Å². The molecule has 22 heavy (non-hydrogen) atoms. The van der Waals surface area contributed by atoms with Crippen molar-refractivity contribution in [2.75, 3.05) is 35.6 Å². The molecule has 6 nitrogen and oxygen atoms in total. The van der Waals surface area contributed by atoms with E-state index >= 15 is 0 Å². The minimum absolute atomic E-state index is 0.00604. The van der Waals surface area contributed by atoms with Crippen LogP contribution in [0.3, 0.4) is 0 Å². The van der Waals surface area contributed by atoms with Gasteiger partial charge in [0, 0.05) is 23.4 Å². The van der Waals surface area contributed by atoms with Gasteiger partial charge in [-0.3, -0.25) is 9.69 Å². The number of fused-ring (bicyclic) bond motifs is 1. The molecule has 1 spiro atoms. The Kier molecular flexibility index (Phi) is 3.27. The van der Waals surface area contributed by atoms with Gasteiger partial charge in [-0.25, -0.2) is 4.79 Å². The van der Waals surface area contributed by atoms with E-state index in [1.54, 1.807) is 4.90 Å². The molecule has 3 aliphatic heterocycles. The van der Waals surface area contributed by atoms with Gasteiger partial charge in [0.05, 0.1) is 18.0 Å². The van der Waals surface area contributed by atoms with Crippen molar-refractivity contribution in [3.05, 3.63) is 18.2 Å². The molecule has 2 N–H and O–H groups in total. The van der Waals surface area contributed by atoms with Gasteiger partial charge in [0.25, 0.3) is 0 Å². The van der Waals surface area contributed by atoms with Crippen LogP contribution in [0.5, 0.6) is 0 Å². The molecule has 0 radical (unpaired) electrons. The zero-order chi connectivity index (χ0) is 15.2. The summed E-state index contributed by atoms with van der Waals surface area (Å²) in [7, 11) is 0. The summed E-state index contributed by atoms with van der Waals surface area (Å²) in [4.78, 5) is 26.5. The van der Waals surface area contributed by atoms with Gasteiger partial charge in [0.1, 0.15) is 5.60 Å². The van der Waals surface area contributed by atoms with Crippen molar-refractivity contribution in [1.82, 2.24) is 5.32 Å². The first-order chi connectivity index (χ1) is 10.7. The van der Waals surface area contributed by atoms with Crippen LogP contribution in [-0.4, -0.2) is 43.0 Å². The summed E-state index contributed by atoms with van der Waals surface area (Å²) in [5.74, 6) is 0.433. The number of rotatable bonds is 1. The number of benzene rings is 1. The lowest BCUT2D eigenvalue weighted by Crippen LogP contribution is -2.44. The summed E-state index contributed by atoms with van der Waals surface area (Å²) >= 11 is 1.52. The maximum atomic E-state index is 12.3. The van der Waals surface area contributed by atoms with E-state index in [-0.39, 0.29) is 17.6 Å². The Morgan fingerprint density at radius 2 is 2.05 bits per heavy atom. The van der Waals surface area contributed by atoms with Crippen LogP contribution in [-0.2, 0) is 9.53 Å². The first kappa shape index (κ1) is 13.9. The first-order valence-corrected chi connectivity index (χ1v) is 8.42. The number of carbonyl (C=O) groups is 2. The maximum absolute atomic E-state index is 12.3. The Morgan fingerprint density at radius 1 is 1.23 bits per heavy atom.